The minimum Gasteiger partial charge on any atom is -0.467 e. The minimum atomic E-state index is -3.44. The molecule has 2 N–H and O–H groups in total. The van der Waals surface area contributed by atoms with Crippen LogP contribution in [0.1, 0.15) is 39.0 Å². The van der Waals surface area contributed by atoms with Gasteiger partial charge in [-0.15, -0.1) is 0 Å². The number of carbonyl (C=O) groups excluding carboxylic acids is 3. The summed E-state index contributed by atoms with van der Waals surface area (Å²) in [6.07, 6.45) is 2.68. The highest BCUT2D eigenvalue weighted by molar-refractivity contribution is 7.90. The van der Waals surface area contributed by atoms with Crippen LogP contribution in [0.2, 0.25) is 10.0 Å². The molecule has 3 aromatic carbocycles. The summed E-state index contributed by atoms with van der Waals surface area (Å²) >= 11 is 13.0. The lowest BCUT2D eigenvalue weighted by Crippen LogP contribution is -2.41. The molecular weight excluding hydrogens is 563 g/mol. The molecule has 0 fully saturated rings. The largest absolute Gasteiger partial charge is 0.467 e. The third kappa shape index (κ3) is 6.68. The maximum atomic E-state index is 13.2. The van der Waals surface area contributed by atoms with Gasteiger partial charge in [0.25, 0.3) is 11.8 Å². The first-order chi connectivity index (χ1) is 18.4. The molecule has 2 amide bonds. The van der Waals surface area contributed by atoms with Crippen LogP contribution in [0.5, 0.6) is 0 Å². The number of fused-ring (bicyclic) bond motifs is 1. The number of ketones is 1. The first-order valence-corrected chi connectivity index (χ1v) is 14.4. The van der Waals surface area contributed by atoms with E-state index in [-0.39, 0.29) is 45.2 Å². The second-order valence-electron chi connectivity index (χ2n) is 9.01. The molecule has 0 saturated carbocycles. The van der Waals surface area contributed by atoms with Crippen LogP contribution < -0.4 is 10.6 Å². The van der Waals surface area contributed by atoms with E-state index in [4.69, 9.17) is 27.6 Å². The summed E-state index contributed by atoms with van der Waals surface area (Å²) < 4.78 is 29.0. The van der Waals surface area contributed by atoms with E-state index in [2.05, 4.69) is 10.6 Å². The quantitative estimate of drug-likeness (QED) is 0.284. The van der Waals surface area contributed by atoms with Gasteiger partial charge < -0.3 is 15.1 Å². The Morgan fingerprint density at radius 1 is 0.974 bits per heavy atom. The van der Waals surface area contributed by atoms with Crippen molar-refractivity contribution in [2.75, 3.05) is 6.26 Å². The molecule has 202 valence electrons. The number of benzene rings is 3. The SMILES string of the molecule is CC(=O)[C@H](Cc1cccc(S(C)(=O)=O)c1)NC(=O)c1c(Cl)cc2cc(C(=O)NCc3ccco3)ccc2c1Cl. The van der Waals surface area contributed by atoms with Crippen molar-refractivity contribution in [1.82, 2.24) is 10.6 Å². The molecule has 8 nitrogen and oxygen atoms in total. The van der Waals surface area contributed by atoms with Gasteiger partial charge in [0.1, 0.15) is 5.76 Å². The number of hydrogen-bond acceptors (Lipinski definition) is 6. The predicted octanol–water partition coefficient (Wildman–Crippen LogP) is 5.00. The molecule has 0 aliphatic carbocycles. The predicted molar refractivity (Wildman–Crippen MR) is 149 cm³/mol. The highest BCUT2D eigenvalue weighted by atomic mass is 35.5. The van der Waals surface area contributed by atoms with Crippen molar-refractivity contribution in [1.29, 1.82) is 0 Å². The van der Waals surface area contributed by atoms with E-state index in [9.17, 15) is 22.8 Å². The van der Waals surface area contributed by atoms with Gasteiger partial charge in [-0.05, 0) is 66.8 Å². The molecule has 0 radical (unpaired) electrons. The Labute approximate surface area is 235 Å². The molecular formula is C28H24Cl2N2O6S. The molecule has 4 aromatic rings. The lowest BCUT2D eigenvalue weighted by molar-refractivity contribution is -0.118. The average Bonchev–Trinajstić information content (AvgIpc) is 3.40. The summed E-state index contributed by atoms with van der Waals surface area (Å²) in [5, 5.41) is 6.58. The van der Waals surface area contributed by atoms with Gasteiger partial charge in [-0.3, -0.25) is 14.4 Å². The zero-order chi connectivity index (χ0) is 28.3. The van der Waals surface area contributed by atoms with Crippen LogP contribution in [0.25, 0.3) is 10.8 Å². The first-order valence-electron chi connectivity index (χ1n) is 11.8. The Kier molecular flexibility index (Phi) is 8.44. The Morgan fingerprint density at radius 2 is 1.74 bits per heavy atom. The van der Waals surface area contributed by atoms with Crippen LogP contribution in [0.3, 0.4) is 0 Å². The number of rotatable bonds is 9. The molecule has 0 aliphatic rings. The molecule has 0 aliphatic heterocycles. The molecule has 0 unspecified atom stereocenters. The summed E-state index contributed by atoms with van der Waals surface area (Å²) in [6, 6.07) is 15.0. The lowest BCUT2D eigenvalue weighted by Gasteiger charge is -2.18. The summed E-state index contributed by atoms with van der Waals surface area (Å²) in [6.45, 7) is 1.55. The zero-order valence-corrected chi connectivity index (χ0v) is 23.3. The molecule has 4 rings (SSSR count). The van der Waals surface area contributed by atoms with E-state index in [0.717, 1.165) is 6.26 Å². The second kappa shape index (κ2) is 11.6. The average molecular weight is 587 g/mol. The molecule has 1 heterocycles. The number of hydrogen-bond donors (Lipinski definition) is 2. The summed E-state index contributed by atoms with van der Waals surface area (Å²) in [5.74, 6) is -0.706. The zero-order valence-electron chi connectivity index (χ0n) is 21.0. The minimum absolute atomic E-state index is 0.0167. The van der Waals surface area contributed by atoms with Gasteiger partial charge in [-0.25, -0.2) is 8.42 Å². The van der Waals surface area contributed by atoms with Crippen molar-refractivity contribution < 1.29 is 27.2 Å². The molecule has 39 heavy (non-hydrogen) atoms. The summed E-state index contributed by atoms with van der Waals surface area (Å²) in [4.78, 5) is 38.3. The molecule has 0 saturated heterocycles. The van der Waals surface area contributed by atoms with Gasteiger partial charge in [-0.1, -0.05) is 41.4 Å². The fourth-order valence-electron chi connectivity index (χ4n) is 4.03. The van der Waals surface area contributed by atoms with Gasteiger partial charge in [0.2, 0.25) is 0 Å². The van der Waals surface area contributed by atoms with E-state index in [1.54, 1.807) is 42.5 Å². The third-order valence-electron chi connectivity index (χ3n) is 6.08. The number of amides is 2. The fraction of sp³-hybridized carbons (Fsp3) is 0.179. The molecule has 11 heteroatoms. The number of Topliss-reactive ketones (excluding diaryl/α,β-unsaturated/α-hetero) is 1. The molecule has 0 spiro atoms. The van der Waals surface area contributed by atoms with E-state index < -0.39 is 21.8 Å². The number of furan rings is 1. The maximum absolute atomic E-state index is 13.2. The Bertz CT molecular complexity index is 1680. The summed E-state index contributed by atoms with van der Waals surface area (Å²) in [7, 11) is -3.44. The van der Waals surface area contributed by atoms with E-state index in [0.29, 0.717) is 27.7 Å². The smallest absolute Gasteiger partial charge is 0.254 e. The van der Waals surface area contributed by atoms with Crippen molar-refractivity contribution >= 4 is 61.4 Å². The highest BCUT2D eigenvalue weighted by Crippen LogP contribution is 2.34. The molecule has 1 atom stereocenters. The molecule has 1 aromatic heterocycles. The topological polar surface area (TPSA) is 123 Å². The number of halogens is 2. The fourth-order valence-corrected chi connectivity index (χ4v) is 5.43. The van der Waals surface area contributed by atoms with Crippen molar-refractivity contribution in [3.8, 4) is 0 Å². The van der Waals surface area contributed by atoms with E-state index in [1.165, 1.54) is 31.4 Å². The van der Waals surface area contributed by atoms with Crippen molar-refractivity contribution in [2.24, 2.45) is 0 Å². The third-order valence-corrected chi connectivity index (χ3v) is 7.88. The van der Waals surface area contributed by atoms with Crippen LogP contribution in [-0.4, -0.2) is 38.3 Å². The number of sulfone groups is 1. The number of nitrogens with one attached hydrogen (secondary N) is 2. The lowest BCUT2D eigenvalue weighted by atomic mass is 10.0. The van der Waals surface area contributed by atoms with Crippen LogP contribution in [0.15, 0.2) is 76.2 Å². The number of carbonyl (C=O) groups is 3. The Balaban J connectivity index is 1.56. The maximum Gasteiger partial charge on any atom is 0.254 e. The second-order valence-corrected chi connectivity index (χ2v) is 11.8. The Morgan fingerprint density at radius 3 is 2.41 bits per heavy atom. The van der Waals surface area contributed by atoms with Crippen LogP contribution in [0.4, 0.5) is 0 Å². The van der Waals surface area contributed by atoms with Gasteiger partial charge >= 0.3 is 0 Å². The normalized spacial score (nSPS) is 12.2. The van der Waals surface area contributed by atoms with Crippen LogP contribution in [0, 0.1) is 0 Å². The van der Waals surface area contributed by atoms with Crippen molar-refractivity contribution in [3.63, 3.8) is 0 Å². The van der Waals surface area contributed by atoms with Crippen LogP contribution >= 0.6 is 23.2 Å². The van der Waals surface area contributed by atoms with Gasteiger partial charge in [0, 0.05) is 17.2 Å². The monoisotopic (exact) mass is 586 g/mol. The van der Waals surface area contributed by atoms with Crippen molar-refractivity contribution in [2.45, 2.75) is 30.8 Å². The van der Waals surface area contributed by atoms with Crippen molar-refractivity contribution in [3.05, 3.63) is 99.4 Å². The van der Waals surface area contributed by atoms with Gasteiger partial charge in [0.05, 0.1) is 39.4 Å². The first kappa shape index (κ1) is 28.4. The van der Waals surface area contributed by atoms with Gasteiger partial charge in [0.15, 0.2) is 15.6 Å². The molecule has 0 bridgehead atoms. The van der Waals surface area contributed by atoms with Crippen LogP contribution in [-0.2, 0) is 27.6 Å². The van der Waals surface area contributed by atoms with E-state index >= 15 is 0 Å². The van der Waals surface area contributed by atoms with Gasteiger partial charge in [-0.2, -0.15) is 0 Å². The Hall–Kier alpha value is -3.66. The van der Waals surface area contributed by atoms with E-state index in [1.807, 2.05) is 0 Å². The standard InChI is InChI=1S/C28H24Cl2N2O6S/c1-16(33)24(12-17-5-3-7-21(11-17)39(2,36)37)32-28(35)25-23(29)14-19-13-18(8-9-22(19)26(25)30)27(34)31-15-20-6-4-10-38-20/h3-11,13-14,24H,12,15H2,1-2H3,(H,31,34)(H,32,35)/t24-/m0/s1. The highest BCUT2D eigenvalue weighted by Gasteiger charge is 2.24. The summed E-state index contributed by atoms with van der Waals surface area (Å²) in [5.41, 5.74) is 0.912.